The highest BCUT2D eigenvalue weighted by Gasteiger charge is 2.31. The molecule has 8 nitrogen and oxygen atoms in total. The minimum absolute atomic E-state index is 0.178. The molecule has 3 N–H and O–H groups in total. The lowest BCUT2D eigenvalue weighted by Gasteiger charge is -2.38. The number of amides is 2. The molecule has 4 rings (SSSR count). The van der Waals surface area contributed by atoms with Crippen molar-refractivity contribution in [1.82, 2.24) is 0 Å². The fraction of sp³-hybridized carbons (Fsp3) is 0.333. The number of benzene rings is 3. The standard InChI is InChI=1S/C30H35N3O5/c1-29(2,3)37-27(35)31-19-10-14-22-23-15-11-20(32-28(36)38-30(4,5)6)17-25(23)33(7)26(24(22)16-19)18-8-12-21(34)13-9-18/h8-17,26,34H,1-7H3,(H,31,35)(H,32,36). The van der Waals surface area contributed by atoms with Crippen LogP contribution < -0.4 is 15.5 Å². The van der Waals surface area contributed by atoms with E-state index in [2.05, 4.69) is 15.5 Å². The van der Waals surface area contributed by atoms with Gasteiger partial charge in [-0.05, 0) is 94.6 Å². The number of rotatable bonds is 3. The van der Waals surface area contributed by atoms with Crippen molar-refractivity contribution in [2.24, 2.45) is 0 Å². The van der Waals surface area contributed by atoms with Crippen LogP contribution in [0, 0.1) is 0 Å². The molecule has 0 saturated carbocycles. The normalized spacial score (nSPS) is 14.7. The fourth-order valence-corrected chi connectivity index (χ4v) is 4.49. The summed E-state index contributed by atoms with van der Waals surface area (Å²) < 4.78 is 10.8. The van der Waals surface area contributed by atoms with Crippen molar-refractivity contribution in [2.75, 3.05) is 22.6 Å². The van der Waals surface area contributed by atoms with E-state index in [0.29, 0.717) is 11.4 Å². The summed E-state index contributed by atoms with van der Waals surface area (Å²) in [5, 5.41) is 15.5. The van der Waals surface area contributed by atoms with Crippen LogP contribution in [-0.4, -0.2) is 35.5 Å². The maximum atomic E-state index is 12.4. The van der Waals surface area contributed by atoms with Gasteiger partial charge in [-0.25, -0.2) is 9.59 Å². The summed E-state index contributed by atoms with van der Waals surface area (Å²) in [6.07, 6.45) is -1.05. The maximum Gasteiger partial charge on any atom is 0.412 e. The molecule has 1 unspecified atom stereocenters. The summed E-state index contributed by atoms with van der Waals surface area (Å²) in [6.45, 7) is 10.9. The highest BCUT2D eigenvalue weighted by atomic mass is 16.6. The monoisotopic (exact) mass is 517 g/mol. The van der Waals surface area contributed by atoms with Crippen LogP contribution in [0.25, 0.3) is 11.1 Å². The van der Waals surface area contributed by atoms with Crippen LogP contribution in [-0.2, 0) is 9.47 Å². The van der Waals surface area contributed by atoms with Crippen molar-refractivity contribution in [3.8, 4) is 16.9 Å². The van der Waals surface area contributed by atoms with Gasteiger partial charge in [-0.1, -0.05) is 24.3 Å². The average molecular weight is 518 g/mol. The van der Waals surface area contributed by atoms with Gasteiger partial charge >= 0.3 is 12.2 Å². The van der Waals surface area contributed by atoms with E-state index >= 15 is 0 Å². The number of phenolic OH excluding ortho intramolecular Hbond substituents is 1. The maximum absolute atomic E-state index is 12.4. The molecule has 1 aliphatic rings. The van der Waals surface area contributed by atoms with Crippen molar-refractivity contribution in [3.63, 3.8) is 0 Å². The molecule has 0 aromatic heterocycles. The molecule has 0 radical (unpaired) electrons. The minimum atomic E-state index is -0.614. The zero-order chi connectivity index (χ0) is 27.8. The number of carbonyl (C=O) groups is 2. The van der Waals surface area contributed by atoms with Gasteiger partial charge in [0.05, 0.1) is 6.04 Å². The highest BCUT2D eigenvalue weighted by molar-refractivity contribution is 5.93. The number of nitrogens with zero attached hydrogens (tertiary/aromatic N) is 1. The number of anilines is 3. The number of nitrogens with one attached hydrogen (secondary N) is 2. The second-order valence-corrected chi connectivity index (χ2v) is 11.4. The first-order valence-corrected chi connectivity index (χ1v) is 12.5. The van der Waals surface area contributed by atoms with Gasteiger partial charge in [0.2, 0.25) is 0 Å². The Labute approximate surface area is 223 Å². The van der Waals surface area contributed by atoms with E-state index in [-0.39, 0.29) is 11.8 Å². The zero-order valence-corrected chi connectivity index (χ0v) is 22.9. The molecule has 3 aromatic carbocycles. The van der Waals surface area contributed by atoms with Gasteiger partial charge in [-0.15, -0.1) is 0 Å². The molecule has 8 heteroatoms. The molecule has 1 atom stereocenters. The van der Waals surface area contributed by atoms with Crippen LogP contribution in [0.5, 0.6) is 5.75 Å². The Bertz CT molecular complexity index is 1350. The topological polar surface area (TPSA) is 100 Å². The molecule has 200 valence electrons. The second-order valence-electron chi connectivity index (χ2n) is 11.4. The summed E-state index contributed by atoms with van der Waals surface area (Å²) in [7, 11) is 1.98. The van der Waals surface area contributed by atoms with E-state index in [1.807, 2.05) is 97.1 Å². The summed E-state index contributed by atoms with van der Waals surface area (Å²) in [6, 6.07) is 18.3. The Morgan fingerprint density at radius 3 is 1.79 bits per heavy atom. The van der Waals surface area contributed by atoms with Gasteiger partial charge < -0.3 is 19.5 Å². The van der Waals surface area contributed by atoms with Gasteiger partial charge in [-0.2, -0.15) is 0 Å². The predicted octanol–water partition coefficient (Wildman–Crippen LogP) is 7.29. The molecular formula is C30H35N3O5. The number of fused-ring (bicyclic) bond motifs is 3. The summed E-state index contributed by atoms with van der Waals surface area (Å²) in [5.74, 6) is 0.178. The minimum Gasteiger partial charge on any atom is -0.508 e. The van der Waals surface area contributed by atoms with Crippen molar-refractivity contribution in [3.05, 3.63) is 71.8 Å². The fourth-order valence-electron chi connectivity index (χ4n) is 4.49. The van der Waals surface area contributed by atoms with Crippen LogP contribution in [0.3, 0.4) is 0 Å². The lowest BCUT2D eigenvalue weighted by molar-refractivity contribution is 0.0624. The highest BCUT2D eigenvalue weighted by Crippen LogP contribution is 2.48. The molecular weight excluding hydrogens is 482 g/mol. The first-order valence-electron chi connectivity index (χ1n) is 12.5. The zero-order valence-electron chi connectivity index (χ0n) is 22.9. The molecule has 1 aliphatic heterocycles. The molecule has 0 bridgehead atoms. The molecule has 0 fully saturated rings. The van der Waals surface area contributed by atoms with Gasteiger partial charge in [0.15, 0.2) is 0 Å². The number of phenols is 1. The van der Waals surface area contributed by atoms with Crippen LogP contribution in [0.2, 0.25) is 0 Å². The van der Waals surface area contributed by atoms with Gasteiger partial charge in [0, 0.05) is 29.7 Å². The molecule has 0 spiro atoms. The SMILES string of the molecule is CN1c2cc(NC(=O)OC(C)(C)C)ccc2-c2ccc(NC(=O)OC(C)(C)C)cc2C1c1ccc(O)cc1. The Balaban J connectivity index is 1.75. The van der Waals surface area contributed by atoms with Crippen LogP contribution >= 0.6 is 0 Å². The number of carbonyl (C=O) groups excluding carboxylic acids is 2. The predicted molar refractivity (Wildman–Crippen MR) is 150 cm³/mol. The van der Waals surface area contributed by atoms with Gasteiger partial charge in [0.25, 0.3) is 0 Å². The number of hydrogen-bond donors (Lipinski definition) is 3. The summed E-state index contributed by atoms with van der Waals surface area (Å²) in [5.41, 5.74) is 4.83. The third-order valence-corrected chi connectivity index (χ3v) is 5.90. The van der Waals surface area contributed by atoms with Crippen LogP contribution in [0.4, 0.5) is 26.7 Å². The van der Waals surface area contributed by atoms with E-state index in [0.717, 1.165) is 27.9 Å². The van der Waals surface area contributed by atoms with Crippen LogP contribution in [0.15, 0.2) is 60.7 Å². The molecule has 3 aromatic rings. The Kier molecular flexibility index (Phi) is 7.02. The van der Waals surface area contributed by atoms with E-state index in [1.54, 1.807) is 12.1 Å². The van der Waals surface area contributed by atoms with E-state index in [4.69, 9.17) is 9.47 Å². The van der Waals surface area contributed by atoms with Crippen molar-refractivity contribution in [1.29, 1.82) is 0 Å². The third kappa shape index (κ3) is 6.19. The van der Waals surface area contributed by atoms with E-state index < -0.39 is 23.4 Å². The molecule has 1 heterocycles. The molecule has 38 heavy (non-hydrogen) atoms. The van der Waals surface area contributed by atoms with Crippen molar-refractivity contribution >= 4 is 29.2 Å². The first-order chi connectivity index (χ1) is 17.7. The Hall–Kier alpha value is -4.20. The number of aromatic hydroxyl groups is 1. The molecule has 0 aliphatic carbocycles. The van der Waals surface area contributed by atoms with Gasteiger partial charge in [-0.3, -0.25) is 10.6 Å². The summed E-state index contributed by atoms with van der Waals surface area (Å²) in [4.78, 5) is 26.9. The molecule has 0 saturated heterocycles. The first kappa shape index (κ1) is 26.9. The van der Waals surface area contributed by atoms with E-state index in [9.17, 15) is 14.7 Å². The smallest absolute Gasteiger partial charge is 0.412 e. The Morgan fingerprint density at radius 2 is 1.26 bits per heavy atom. The lowest BCUT2D eigenvalue weighted by atomic mass is 9.84. The summed E-state index contributed by atoms with van der Waals surface area (Å²) >= 11 is 0. The number of hydrogen-bond acceptors (Lipinski definition) is 6. The van der Waals surface area contributed by atoms with Crippen molar-refractivity contribution < 1.29 is 24.2 Å². The lowest BCUT2D eigenvalue weighted by Crippen LogP contribution is -2.30. The van der Waals surface area contributed by atoms with Crippen LogP contribution in [0.1, 0.15) is 58.7 Å². The Morgan fingerprint density at radius 1 is 0.763 bits per heavy atom. The average Bonchev–Trinajstić information content (AvgIpc) is 2.78. The molecule has 2 amide bonds. The number of ether oxygens (including phenoxy) is 2. The van der Waals surface area contributed by atoms with Gasteiger partial charge in [0.1, 0.15) is 17.0 Å². The largest absolute Gasteiger partial charge is 0.508 e. The quantitative estimate of drug-likeness (QED) is 0.337. The second kappa shape index (κ2) is 9.93. The van der Waals surface area contributed by atoms with Crippen molar-refractivity contribution in [2.45, 2.75) is 58.8 Å². The van der Waals surface area contributed by atoms with E-state index in [1.165, 1.54) is 0 Å². The third-order valence-electron chi connectivity index (χ3n) is 5.90.